The van der Waals surface area contributed by atoms with Crippen LogP contribution in [0.4, 0.5) is 19.3 Å². The molecule has 0 bridgehead atoms. The minimum atomic E-state index is -0.549. The maximum atomic E-state index is 14.0. The number of carbonyl (C=O) groups excluding carboxylic acids is 1. The van der Waals surface area contributed by atoms with Crippen molar-refractivity contribution in [3.63, 3.8) is 0 Å². The predicted molar refractivity (Wildman–Crippen MR) is 94.6 cm³/mol. The second-order valence-electron chi connectivity index (χ2n) is 6.77. The minimum absolute atomic E-state index is 0.0775. The van der Waals surface area contributed by atoms with Crippen molar-refractivity contribution >= 4 is 11.7 Å². The second-order valence-corrected chi connectivity index (χ2v) is 6.77. The Morgan fingerprint density at radius 2 is 2.00 bits per heavy atom. The van der Waals surface area contributed by atoms with Gasteiger partial charge >= 0.3 is 6.03 Å². The normalized spacial score (nSPS) is 19.0. The van der Waals surface area contributed by atoms with Gasteiger partial charge in [0.15, 0.2) is 0 Å². The van der Waals surface area contributed by atoms with Crippen molar-refractivity contribution < 1.29 is 18.3 Å². The number of fused-ring (bicyclic) bond motifs is 1. The Labute approximate surface area is 150 Å². The second kappa shape index (κ2) is 6.94. The highest BCUT2D eigenvalue weighted by Gasteiger charge is 2.31. The van der Waals surface area contributed by atoms with E-state index in [1.165, 1.54) is 18.2 Å². The maximum absolute atomic E-state index is 14.0. The highest BCUT2D eigenvalue weighted by molar-refractivity contribution is 5.89. The van der Waals surface area contributed by atoms with Gasteiger partial charge in [0.05, 0.1) is 6.61 Å². The summed E-state index contributed by atoms with van der Waals surface area (Å²) in [5.74, 6) is -0.553. The number of amides is 2. The van der Waals surface area contributed by atoms with E-state index in [1.807, 2.05) is 18.2 Å². The fourth-order valence-corrected chi connectivity index (χ4v) is 3.72. The quantitative estimate of drug-likeness (QED) is 0.869. The number of rotatable bonds is 2. The van der Waals surface area contributed by atoms with Gasteiger partial charge in [0.25, 0.3) is 0 Å². The number of urea groups is 1. The fraction of sp³-hybridized carbons (Fsp3) is 0.350. The molecule has 136 valence electrons. The molecule has 0 saturated carbocycles. The number of anilines is 1. The Morgan fingerprint density at radius 3 is 2.81 bits per heavy atom. The van der Waals surface area contributed by atoms with E-state index in [4.69, 9.17) is 4.74 Å². The van der Waals surface area contributed by atoms with Crippen LogP contribution < -0.4 is 10.1 Å². The summed E-state index contributed by atoms with van der Waals surface area (Å²) in [5.41, 5.74) is 1.87. The molecule has 1 atom stereocenters. The molecule has 26 heavy (non-hydrogen) atoms. The van der Waals surface area contributed by atoms with E-state index in [0.717, 1.165) is 30.8 Å². The molecule has 0 spiro atoms. The number of nitrogens with one attached hydrogen (secondary N) is 1. The lowest BCUT2D eigenvalue weighted by molar-refractivity contribution is 0.222. The summed E-state index contributed by atoms with van der Waals surface area (Å²) in [4.78, 5) is 14.1. The molecule has 2 aliphatic rings. The Kier molecular flexibility index (Phi) is 4.49. The zero-order valence-electron chi connectivity index (χ0n) is 14.3. The molecule has 2 amide bonds. The number of hydrogen-bond acceptors (Lipinski definition) is 2. The molecule has 0 aromatic heterocycles. The molecule has 1 N–H and O–H groups in total. The van der Waals surface area contributed by atoms with Crippen LogP contribution in [0.15, 0.2) is 36.4 Å². The number of halogens is 2. The maximum Gasteiger partial charge on any atom is 0.321 e. The summed E-state index contributed by atoms with van der Waals surface area (Å²) in [6, 6.07) is 9.23. The molecular formula is C20H20F2N2O2. The summed E-state index contributed by atoms with van der Waals surface area (Å²) in [6.07, 6.45) is 2.44. The molecule has 4 rings (SSSR count). The Balaban J connectivity index is 1.43. The molecule has 4 nitrogen and oxygen atoms in total. The van der Waals surface area contributed by atoms with Crippen molar-refractivity contribution in [2.45, 2.75) is 25.2 Å². The van der Waals surface area contributed by atoms with Gasteiger partial charge in [-0.3, -0.25) is 0 Å². The van der Waals surface area contributed by atoms with Crippen LogP contribution in [0.3, 0.4) is 0 Å². The Bertz CT molecular complexity index is 820. The van der Waals surface area contributed by atoms with Crippen molar-refractivity contribution in [1.29, 1.82) is 0 Å². The number of likely N-dealkylation sites (tertiary alicyclic amines) is 1. The lowest BCUT2D eigenvalue weighted by Gasteiger charge is -2.20. The van der Waals surface area contributed by atoms with Crippen LogP contribution in [0, 0.1) is 11.6 Å². The third kappa shape index (κ3) is 3.23. The molecule has 0 aliphatic carbocycles. The largest absolute Gasteiger partial charge is 0.493 e. The average molecular weight is 358 g/mol. The number of ether oxygens (including phenoxy) is 1. The van der Waals surface area contributed by atoms with Gasteiger partial charge in [-0.1, -0.05) is 6.07 Å². The summed E-state index contributed by atoms with van der Waals surface area (Å²) in [7, 11) is 0. The van der Waals surface area contributed by atoms with Gasteiger partial charge in [0.1, 0.15) is 17.4 Å². The third-order valence-electron chi connectivity index (χ3n) is 5.04. The topological polar surface area (TPSA) is 41.6 Å². The Morgan fingerprint density at radius 1 is 1.19 bits per heavy atom. The number of nitrogens with zero attached hydrogens (tertiary/aromatic N) is 1. The zero-order valence-corrected chi connectivity index (χ0v) is 14.3. The van der Waals surface area contributed by atoms with Crippen LogP contribution in [-0.2, 0) is 6.42 Å². The molecular weight excluding hydrogens is 338 g/mol. The Hall–Kier alpha value is -2.63. The highest BCUT2D eigenvalue weighted by Crippen LogP contribution is 2.32. The predicted octanol–water partition coefficient (Wildman–Crippen LogP) is 4.31. The van der Waals surface area contributed by atoms with Gasteiger partial charge in [-0.25, -0.2) is 13.6 Å². The van der Waals surface area contributed by atoms with Gasteiger partial charge in [-0.2, -0.15) is 0 Å². The molecule has 2 heterocycles. The first-order valence-electron chi connectivity index (χ1n) is 8.87. The van der Waals surface area contributed by atoms with Gasteiger partial charge in [-0.05, 0) is 55.2 Å². The van der Waals surface area contributed by atoms with Gasteiger partial charge in [-0.15, -0.1) is 0 Å². The molecule has 1 saturated heterocycles. The monoisotopic (exact) mass is 358 g/mol. The average Bonchev–Trinajstić information content (AvgIpc) is 3.11. The molecule has 1 fully saturated rings. The summed E-state index contributed by atoms with van der Waals surface area (Å²) < 4.78 is 33.5. The molecule has 2 aliphatic heterocycles. The molecule has 0 radical (unpaired) electrons. The van der Waals surface area contributed by atoms with Crippen LogP contribution in [0.1, 0.15) is 29.9 Å². The van der Waals surface area contributed by atoms with Crippen LogP contribution >= 0.6 is 0 Å². The standard InChI is InChI=1S/C20H20F2N2O2/c21-16-4-1-5-17(22)19(16)14-8-9-24(12-14)20(25)23-15-6-7-18-13(11-15)3-2-10-26-18/h1,4-7,11,14H,2-3,8-10,12H2,(H,23,25). The third-order valence-corrected chi connectivity index (χ3v) is 5.04. The van der Waals surface area contributed by atoms with E-state index in [9.17, 15) is 13.6 Å². The van der Waals surface area contributed by atoms with Crippen molar-refractivity contribution in [1.82, 2.24) is 4.90 Å². The first-order valence-corrected chi connectivity index (χ1v) is 8.87. The SMILES string of the molecule is O=C(Nc1ccc2c(c1)CCCO2)N1CCC(c2c(F)cccc2F)C1. The van der Waals surface area contributed by atoms with Gasteiger partial charge in [0, 0.05) is 30.3 Å². The summed E-state index contributed by atoms with van der Waals surface area (Å²) in [6.45, 7) is 1.50. The van der Waals surface area contributed by atoms with E-state index in [-0.39, 0.29) is 17.5 Å². The lowest BCUT2D eigenvalue weighted by Crippen LogP contribution is -2.33. The van der Waals surface area contributed by atoms with E-state index >= 15 is 0 Å². The van der Waals surface area contributed by atoms with Crippen molar-refractivity contribution in [2.75, 3.05) is 25.0 Å². The van der Waals surface area contributed by atoms with Crippen molar-refractivity contribution in [3.05, 3.63) is 59.2 Å². The number of carbonyl (C=O) groups is 1. The van der Waals surface area contributed by atoms with E-state index in [0.29, 0.717) is 25.2 Å². The molecule has 6 heteroatoms. The molecule has 2 aromatic rings. The number of aryl methyl sites for hydroxylation is 1. The van der Waals surface area contributed by atoms with Gasteiger partial charge in [0.2, 0.25) is 0 Å². The van der Waals surface area contributed by atoms with Crippen LogP contribution in [0.25, 0.3) is 0 Å². The van der Waals surface area contributed by atoms with Crippen molar-refractivity contribution in [3.8, 4) is 5.75 Å². The first-order chi connectivity index (χ1) is 12.6. The first kappa shape index (κ1) is 16.8. The fourth-order valence-electron chi connectivity index (χ4n) is 3.72. The molecule has 2 aromatic carbocycles. The van der Waals surface area contributed by atoms with E-state index in [1.54, 1.807) is 4.90 Å². The van der Waals surface area contributed by atoms with E-state index < -0.39 is 11.6 Å². The number of benzene rings is 2. The van der Waals surface area contributed by atoms with Crippen LogP contribution in [0.5, 0.6) is 5.75 Å². The minimum Gasteiger partial charge on any atom is -0.493 e. The molecule has 1 unspecified atom stereocenters. The zero-order chi connectivity index (χ0) is 18.1. The lowest BCUT2D eigenvalue weighted by atomic mass is 9.97. The highest BCUT2D eigenvalue weighted by atomic mass is 19.1. The van der Waals surface area contributed by atoms with Crippen LogP contribution in [0.2, 0.25) is 0 Å². The van der Waals surface area contributed by atoms with Gasteiger partial charge < -0.3 is 15.0 Å². The van der Waals surface area contributed by atoms with Crippen LogP contribution in [-0.4, -0.2) is 30.6 Å². The smallest absolute Gasteiger partial charge is 0.321 e. The number of hydrogen-bond donors (Lipinski definition) is 1. The summed E-state index contributed by atoms with van der Waals surface area (Å²) >= 11 is 0. The van der Waals surface area contributed by atoms with E-state index in [2.05, 4.69) is 5.32 Å². The summed E-state index contributed by atoms with van der Waals surface area (Å²) in [5, 5.41) is 2.88. The van der Waals surface area contributed by atoms with Crippen molar-refractivity contribution in [2.24, 2.45) is 0 Å².